The molecule has 0 radical (unpaired) electrons. The van der Waals surface area contributed by atoms with Gasteiger partial charge >= 0.3 is 6.18 Å². The topological polar surface area (TPSA) is 43.7 Å². The highest BCUT2D eigenvalue weighted by molar-refractivity contribution is 5.76. The van der Waals surface area contributed by atoms with Gasteiger partial charge in [0.2, 0.25) is 0 Å². The zero-order valence-electron chi connectivity index (χ0n) is 12.9. The maximum atomic E-state index is 13.7. The minimum absolute atomic E-state index is 0.0113. The van der Waals surface area contributed by atoms with Gasteiger partial charge in [-0.3, -0.25) is 0 Å². The molecule has 0 spiro atoms. The fraction of sp³-hybridized carbons (Fsp3) is 0.250. The molecule has 0 aliphatic rings. The van der Waals surface area contributed by atoms with E-state index in [2.05, 4.69) is 10.1 Å². The molecule has 0 bridgehead atoms. The highest BCUT2D eigenvalue weighted by atomic mass is 19.4. The Morgan fingerprint density at radius 2 is 2.00 bits per heavy atom. The molecule has 0 unspecified atom stereocenters. The largest absolute Gasteiger partial charge is 0.496 e. The van der Waals surface area contributed by atoms with Crippen LogP contribution in [0.3, 0.4) is 0 Å². The van der Waals surface area contributed by atoms with Crippen molar-refractivity contribution in [1.29, 1.82) is 0 Å². The fourth-order valence-electron chi connectivity index (χ4n) is 1.97. The molecule has 0 atom stereocenters. The standard InChI is InChI=1S/C16H14F4N2O2/c1-10-6-11(22-15(7-10)16(18,19)20)8-21-24-9-12-13(17)4-3-5-14(12)23-2/h3-8H,9H2,1-2H3/b21-8+. The fourth-order valence-corrected chi connectivity index (χ4v) is 1.97. The first-order chi connectivity index (χ1) is 11.3. The molecule has 0 saturated carbocycles. The third-order valence-electron chi connectivity index (χ3n) is 3.04. The highest BCUT2D eigenvalue weighted by Gasteiger charge is 2.32. The van der Waals surface area contributed by atoms with Crippen LogP contribution < -0.4 is 4.74 Å². The van der Waals surface area contributed by atoms with Crippen molar-refractivity contribution in [2.75, 3.05) is 7.11 Å². The van der Waals surface area contributed by atoms with Gasteiger partial charge in [0.1, 0.15) is 23.9 Å². The van der Waals surface area contributed by atoms with Crippen LogP contribution in [0.2, 0.25) is 0 Å². The zero-order chi connectivity index (χ0) is 17.7. The van der Waals surface area contributed by atoms with Gasteiger partial charge in [0.15, 0.2) is 0 Å². The number of pyridine rings is 1. The summed E-state index contributed by atoms with van der Waals surface area (Å²) in [4.78, 5) is 8.39. The minimum atomic E-state index is -4.55. The van der Waals surface area contributed by atoms with Gasteiger partial charge in [-0.25, -0.2) is 9.37 Å². The van der Waals surface area contributed by atoms with Crippen molar-refractivity contribution in [2.24, 2.45) is 5.16 Å². The van der Waals surface area contributed by atoms with E-state index >= 15 is 0 Å². The van der Waals surface area contributed by atoms with Crippen LogP contribution in [0.25, 0.3) is 0 Å². The average molecular weight is 342 g/mol. The molecule has 0 N–H and O–H groups in total. The van der Waals surface area contributed by atoms with E-state index in [1.165, 1.54) is 32.2 Å². The van der Waals surface area contributed by atoms with Gasteiger partial charge in [-0.05, 0) is 36.8 Å². The van der Waals surface area contributed by atoms with Crippen LogP contribution >= 0.6 is 0 Å². The van der Waals surface area contributed by atoms with Gasteiger partial charge in [0.25, 0.3) is 0 Å². The number of aromatic nitrogens is 1. The quantitative estimate of drug-likeness (QED) is 0.467. The van der Waals surface area contributed by atoms with Crippen LogP contribution in [-0.4, -0.2) is 18.3 Å². The summed E-state index contributed by atoms with van der Waals surface area (Å²) >= 11 is 0. The predicted octanol–water partition coefficient (Wildman–Crippen LogP) is 4.11. The molecule has 2 aromatic rings. The van der Waals surface area contributed by atoms with Crippen LogP contribution in [0.4, 0.5) is 17.6 Å². The predicted molar refractivity (Wildman–Crippen MR) is 79.3 cm³/mol. The summed E-state index contributed by atoms with van der Waals surface area (Å²) in [5, 5.41) is 3.54. The van der Waals surface area contributed by atoms with E-state index in [0.29, 0.717) is 11.3 Å². The van der Waals surface area contributed by atoms with Crippen LogP contribution in [-0.2, 0) is 17.6 Å². The maximum Gasteiger partial charge on any atom is 0.433 e. The summed E-state index contributed by atoms with van der Waals surface area (Å²) in [5.74, 6) is -0.240. The molecular weight excluding hydrogens is 328 g/mol. The molecule has 8 heteroatoms. The number of rotatable bonds is 5. The molecule has 0 saturated heterocycles. The maximum absolute atomic E-state index is 13.7. The van der Waals surface area contributed by atoms with Crippen LogP contribution in [0, 0.1) is 12.7 Å². The third-order valence-corrected chi connectivity index (χ3v) is 3.04. The number of hydrogen-bond acceptors (Lipinski definition) is 4. The molecule has 1 heterocycles. The normalized spacial score (nSPS) is 11.8. The zero-order valence-corrected chi connectivity index (χ0v) is 12.9. The lowest BCUT2D eigenvalue weighted by atomic mass is 10.2. The highest BCUT2D eigenvalue weighted by Crippen LogP contribution is 2.28. The number of halogens is 4. The van der Waals surface area contributed by atoms with E-state index in [1.54, 1.807) is 6.07 Å². The molecule has 128 valence electrons. The van der Waals surface area contributed by atoms with E-state index in [-0.39, 0.29) is 17.9 Å². The van der Waals surface area contributed by atoms with Gasteiger partial charge < -0.3 is 9.57 Å². The lowest BCUT2D eigenvalue weighted by Gasteiger charge is -2.08. The minimum Gasteiger partial charge on any atom is -0.496 e. The molecule has 1 aromatic heterocycles. The summed E-state index contributed by atoms with van der Waals surface area (Å²) < 4.78 is 56.8. The number of hydrogen-bond donors (Lipinski definition) is 0. The van der Waals surface area contributed by atoms with Gasteiger partial charge in [0, 0.05) is 0 Å². The Labute approximate surface area is 135 Å². The molecule has 24 heavy (non-hydrogen) atoms. The molecule has 2 rings (SSSR count). The molecule has 1 aromatic carbocycles. The molecule has 4 nitrogen and oxygen atoms in total. The number of ether oxygens (including phenoxy) is 1. The Morgan fingerprint density at radius 1 is 1.25 bits per heavy atom. The van der Waals surface area contributed by atoms with E-state index < -0.39 is 17.7 Å². The smallest absolute Gasteiger partial charge is 0.433 e. The van der Waals surface area contributed by atoms with Gasteiger partial charge in [-0.1, -0.05) is 11.2 Å². The number of methoxy groups -OCH3 is 1. The SMILES string of the molecule is COc1cccc(F)c1CO/N=C/c1cc(C)cc(C(F)(F)F)n1. The van der Waals surface area contributed by atoms with E-state index in [0.717, 1.165) is 12.3 Å². The van der Waals surface area contributed by atoms with Crippen molar-refractivity contribution in [3.8, 4) is 5.75 Å². The third kappa shape index (κ3) is 4.43. The first-order valence-electron chi connectivity index (χ1n) is 6.84. The number of oxime groups is 1. The van der Waals surface area contributed by atoms with Crippen molar-refractivity contribution in [1.82, 2.24) is 4.98 Å². The van der Waals surface area contributed by atoms with Crippen LogP contribution in [0.1, 0.15) is 22.5 Å². The van der Waals surface area contributed by atoms with Gasteiger partial charge in [-0.15, -0.1) is 0 Å². The van der Waals surface area contributed by atoms with Crippen molar-refractivity contribution in [3.05, 3.63) is 58.7 Å². The van der Waals surface area contributed by atoms with Crippen molar-refractivity contribution >= 4 is 6.21 Å². The number of nitrogens with zero attached hydrogens (tertiary/aromatic N) is 2. The number of alkyl halides is 3. The first-order valence-corrected chi connectivity index (χ1v) is 6.84. The van der Waals surface area contributed by atoms with Crippen molar-refractivity contribution in [2.45, 2.75) is 19.7 Å². The molecular formula is C16H14F4N2O2. The number of aryl methyl sites for hydroxylation is 1. The Hall–Kier alpha value is -2.64. The lowest BCUT2D eigenvalue weighted by molar-refractivity contribution is -0.141. The second-order valence-corrected chi connectivity index (χ2v) is 4.88. The van der Waals surface area contributed by atoms with Gasteiger partial charge in [0.05, 0.1) is 24.6 Å². The Kier molecular flexibility index (Phi) is 5.38. The summed E-state index contributed by atoms with van der Waals surface area (Å²) in [6.45, 7) is 1.28. The molecule has 0 aliphatic carbocycles. The lowest BCUT2D eigenvalue weighted by Crippen LogP contribution is -2.10. The van der Waals surface area contributed by atoms with E-state index in [1.807, 2.05) is 0 Å². The summed E-state index contributed by atoms with van der Waals surface area (Å²) in [5.41, 5.74) is -0.484. The summed E-state index contributed by atoms with van der Waals surface area (Å²) in [7, 11) is 1.39. The molecule has 0 amide bonds. The van der Waals surface area contributed by atoms with Crippen LogP contribution in [0.15, 0.2) is 35.5 Å². The first kappa shape index (κ1) is 17.7. The summed E-state index contributed by atoms with van der Waals surface area (Å²) in [6.07, 6.45) is -3.51. The van der Waals surface area contributed by atoms with Crippen LogP contribution in [0.5, 0.6) is 5.75 Å². The summed E-state index contributed by atoms with van der Waals surface area (Å²) in [6, 6.07) is 6.64. The second-order valence-electron chi connectivity index (χ2n) is 4.88. The van der Waals surface area contributed by atoms with E-state index in [4.69, 9.17) is 9.57 Å². The Morgan fingerprint density at radius 3 is 2.67 bits per heavy atom. The Bertz CT molecular complexity index is 745. The van der Waals surface area contributed by atoms with Crippen molar-refractivity contribution in [3.63, 3.8) is 0 Å². The Balaban J connectivity index is 2.09. The number of benzene rings is 1. The second kappa shape index (κ2) is 7.29. The van der Waals surface area contributed by atoms with E-state index in [9.17, 15) is 17.6 Å². The van der Waals surface area contributed by atoms with Crippen molar-refractivity contribution < 1.29 is 27.1 Å². The average Bonchev–Trinajstić information content (AvgIpc) is 2.51. The molecule has 0 aliphatic heterocycles. The molecule has 0 fully saturated rings. The monoisotopic (exact) mass is 342 g/mol. The van der Waals surface area contributed by atoms with Gasteiger partial charge in [-0.2, -0.15) is 13.2 Å².